The topological polar surface area (TPSA) is 103 Å². The Labute approximate surface area is 201 Å². The van der Waals surface area contributed by atoms with E-state index >= 15 is 0 Å². The molecule has 0 aromatic heterocycles. The fraction of sp³-hybridized carbons (Fsp3) is 0.292. The normalized spacial score (nSPS) is 16.7. The van der Waals surface area contributed by atoms with Crippen molar-refractivity contribution in [1.82, 2.24) is 4.90 Å². The van der Waals surface area contributed by atoms with Crippen molar-refractivity contribution < 1.29 is 33.3 Å². The predicted molar refractivity (Wildman–Crippen MR) is 127 cm³/mol. The van der Waals surface area contributed by atoms with E-state index in [-0.39, 0.29) is 17.8 Å². The van der Waals surface area contributed by atoms with Crippen molar-refractivity contribution >= 4 is 40.6 Å². The number of anilines is 1. The number of nitrogens with zero attached hydrogens (tertiary/aromatic N) is 1. The van der Waals surface area contributed by atoms with Crippen molar-refractivity contribution in [3.8, 4) is 23.0 Å². The van der Waals surface area contributed by atoms with Gasteiger partial charge in [-0.15, -0.1) is 0 Å². The van der Waals surface area contributed by atoms with Crippen LogP contribution in [0.15, 0.2) is 41.3 Å². The number of amides is 3. The molecule has 1 atom stereocenters. The molecule has 0 radical (unpaired) electrons. The average molecular weight is 485 g/mol. The van der Waals surface area contributed by atoms with Gasteiger partial charge >= 0.3 is 0 Å². The standard InChI is InChI=1S/C24H24N2O7S/c1-4-14(2)33-18-7-5-15(9-19(18)30-3)10-21-23(28)26(24(29)34-21)12-22(27)25-16-6-8-17-20(11-16)32-13-31-17/h5-11,14H,4,12-13H2,1-3H3,(H,25,27)/b21-10-/t14-/m1/s1. The Bertz CT molecular complexity index is 1160. The first-order valence-electron chi connectivity index (χ1n) is 10.7. The van der Waals surface area contributed by atoms with Crippen LogP contribution in [0, 0.1) is 0 Å². The second-order valence-electron chi connectivity index (χ2n) is 7.63. The summed E-state index contributed by atoms with van der Waals surface area (Å²) in [6.45, 7) is 3.71. The Kier molecular flexibility index (Phi) is 6.97. The summed E-state index contributed by atoms with van der Waals surface area (Å²) >= 11 is 0.783. The van der Waals surface area contributed by atoms with Crippen LogP contribution >= 0.6 is 11.8 Å². The van der Waals surface area contributed by atoms with Crippen LogP contribution in [-0.2, 0) is 9.59 Å². The minimum absolute atomic E-state index is 0.0278. The van der Waals surface area contributed by atoms with Gasteiger partial charge in [0.05, 0.1) is 18.1 Å². The molecule has 0 unspecified atom stereocenters. The number of hydrogen-bond donors (Lipinski definition) is 1. The lowest BCUT2D eigenvalue weighted by atomic mass is 10.1. The van der Waals surface area contributed by atoms with Crippen molar-refractivity contribution in [2.75, 3.05) is 25.8 Å². The third kappa shape index (κ3) is 5.12. The molecule has 1 fully saturated rings. The maximum atomic E-state index is 12.8. The smallest absolute Gasteiger partial charge is 0.294 e. The Morgan fingerprint density at radius 1 is 1.18 bits per heavy atom. The first-order valence-corrected chi connectivity index (χ1v) is 11.5. The zero-order valence-electron chi connectivity index (χ0n) is 19.0. The van der Waals surface area contributed by atoms with Gasteiger partial charge in [0.15, 0.2) is 23.0 Å². The summed E-state index contributed by atoms with van der Waals surface area (Å²) in [7, 11) is 1.54. The molecule has 0 bridgehead atoms. The van der Waals surface area contributed by atoms with Crippen LogP contribution in [-0.4, -0.2) is 48.5 Å². The number of thioether (sulfide) groups is 1. The molecule has 2 aliphatic rings. The Balaban J connectivity index is 1.43. The first-order chi connectivity index (χ1) is 16.4. The molecule has 0 aliphatic carbocycles. The number of benzene rings is 2. The largest absolute Gasteiger partial charge is 0.493 e. The summed E-state index contributed by atoms with van der Waals surface area (Å²) in [5, 5.41) is 2.15. The highest BCUT2D eigenvalue weighted by molar-refractivity contribution is 8.18. The van der Waals surface area contributed by atoms with E-state index in [1.54, 1.807) is 42.5 Å². The first kappa shape index (κ1) is 23.5. The van der Waals surface area contributed by atoms with Crippen LogP contribution in [0.3, 0.4) is 0 Å². The van der Waals surface area contributed by atoms with Gasteiger partial charge in [-0.3, -0.25) is 19.3 Å². The summed E-state index contributed by atoms with van der Waals surface area (Å²) in [5.41, 5.74) is 1.15. The third-order valence-electron chi connectivity index (χ3n) is 5.22. The molecule has 1 N–H and O–H groups in total. The van der Waals surface area contributed by atoms with Crippen molar-refractivity contribution in [1.29, 1.82) is 0 Å². The molecule has 4 rings (SSSR count). The van der Waals surface area contributed by atoms with E-state index in [1.165, 1.54) is 7.11 Å². The molecule has 2 aromatic rings. The van der Waals surface area contributed by atoms with Crippen LogP contribution in [0.2, 0.25) is 0 Å². The minimum Gasteiger partial charge on any atom is -0.493 e. The van der Waals surface area contributed by atoms with E-state index in [0.29, 0.717) is 34.2 Å². The fourth-order valence-corrected chi connectivity index (χ4v) is 4.12. The number of rotatable bonds is 8. The SMILES string of the molecule is CC[C@@H](C)Oc1ccc(/C=C2\SC(=O)N(CC(=O)Nc3ccc4c(c3)OCO4)C2=O)cc1OC. The van der Waals surface area contributed by atoms with Gasteiger partial charge in [-0.05, 0) is 61.0 Å². The van der Waals surface area contributed by atoms with Crippen molar-refractivity contribution in [3.63, 3.8) is 0 Å². The highest BCUT2D eigenvalue weighted by Crippen LogP contribution is 2.36. The number of methoxy groups -OCH3 is 1. The van der Waals surface area contributed by atoms with Gasteiger partial charge in [0, 0.05) is 11.8 Å². The Hall–Kier alpha value is -3.66. The number of carbonyl (C=O) groups excluding carboxylic acids is 3. The summed E-state index contributed by atoms with van der Waals surface area (Å²) < 4.78 is 21.8. The molecule has 9 nitrogen and oxygen atoms in total. The zero-order chi connectivity index (χ0) is 24.2. The molecule has 178 valence electrons. The van der Waals surface area contributed by atoms with Crippen LogP contribution in [0.5, 0.6) is 23.0 Å². The van der Waals surface area contributed by atoms with Crippen LogP contribution < -0.4 is 24.3 Å². The number of carbonyl (C=O) groups is 3. The van der Waals surface area contributed by atoms with Crippen molar-refractivity contribution in [3.05, 3.63) is 46.9 Å². The quantitative estimate of drug-likeness (QED) is 0.554. The van der Waals surface area contributed by atoms with Gasteiger partial charge in [-0.2, -0.15) is 0 Å². The Morgan fingerprint density at radius 2 is 1.97 bits per heavy atom. The number of nitrogens with one attached hydrogen (secondary N) is 1. The van der Waals surface area contributed by atoms with Crippen molar-refractivity contribution in [2.45, 2.75) is 26.4 Å². The van der Waals surface area contributed by atoms with E-state index in [9.17, 15) is 14.4 Å². The molecule has 1 saturated heterocycles. The molecule has 2 aliphatic heterocycles. The maximum absolute atomic E-state index is 12.8. The van der Waals surface area contributed by atoms with Crippen LogP contribution in [0.4, 0.5) is 10.5 Å². The van der Waals surface area contributed by atoms with Crippen LogP contribution in [0.25, 0.3) is 6.08 Å². The summed E-state index contributed by atoms with van der Waals surface area (Å²) in [6.07, 6.45) is 2.47. The highest BCUT2D eigenvalue weighted by atomic mass is 32.2. The summed E-state index contributed by atoms with van der Waals surface area (Å²) in [5.74, 6) is 1.19. The van der Waals surface area contributed by atoms with Crippen molar-refractivity contribution in [2.24, 2.45) is 0 Å². The molecular formula is C24H24N2O7S. The van der Waals surface area contributed by atoms with E-state index in [2.05, 4.69) is 5.32 Å². The monoisotopic (exact) mass is 484 g/mol. The van der Waals surface area contributed by atoms with Gasteiger partial charge in [-0.1, -0.05) is 13.0 Å². The second-order valence-corrected chi connectivity index (χ2v) is 8.62. The molecule has 0 spiro atoms. The van der Waals surface area contributed by atoms with E-state index in [0.717, 1.165) is 23.1 Å². The molecule has 3 amide bonds. The summed E-state index contributed by atoms with van der Waals surface area (Å²) in [6, 6.07) is 10.2. The molecule has 2 aromatic carbocycles. The maximum Gasteiger partial charge on any atom is 0.294 e. The number of fused-ring (bicyclic) bond motifs is 1. The lowest BCUT2D eigenvalue weighted by Crippen LogP contribution is -2.36. The Morgan fingerprint density at radius 3 is 2.74 bits per heavy atom. The predicted octanol–water partition coefficient (Wildman–Crippen LogP) is 4.28. The molecule has 10 heteroatoms. The molecule has 34 heavy (non-hydrogen) atoms. The average Bonchev–Trinajstić information content (AvgIpc) is 3.39. The lowest BCUT2D eigenvalue weighted by Gasteiger charge is -2.15. The van der Waals surface area contributed by atoms with Gasteiger partial charge < -0.3 is 24.3 Å². The van der Waals surface area contributed by atoms with E-state index in [4.69, 9.17) is 18.9 Å². The second kappa shape index (κ2) is 10.1. The minimum atomic E-state index is -0.533. The van der Waals surface area contributed by atoms with Crippen LogP contribution in [0.1, 0.15) is 25.8 Å². The zero-order valence-corrected chi connectivity index (χ0v) is 19.8. The van der Waals surface area contributed by atoms with E-state index < -0.39 is 23.6 Å². The lowest BCUT2D eigenvalue weighted by molar-refractivity contribution is -0.127. The number of imide groups is 1. The third-order valence-corrected chi connectivity index (χ3v) is 6.13. The van der Waals surface area contributed by atoms with Gasteiger partial charge in [-0.25, -0.2) is 0 Å². The van der Waals surface area contributed by atoms with Gasteiger partial charge in [0.2, 0.25) is 12.7 Å². The summed E-state index contributed by atoms with van der Waals surface area (Å²) in [4.78, 5) is 38.8. The molecule has 2 heterocycles. The van der Waals surface area contributed by atoms with Gasteiger partial charge in [0.1, 0.15) is 6.54 Å². The van der Waals surface area contributed by atoms with E-state index in [1.807, 2.05) is 13.8 Å². The number of hydrogen-bond acceptors (Lipinski definition) is 8. The fourth-order valence-electron chi connectivity index (χ4n) is 3.28. The van der Waals surface area contributed by atoms with Gasteiger partial charge in [0.25, 0.3) is 11.1 Å². The highest BCUT2D eigenvalue weighted by Gasteiger charge is 2.36. The number of ether oxygens (including phenoxy) is 4. The molecular weight excluding hydrogens is 460 g/mol. The molecule has 0 saturated carbocycles.